The smallest absolute Gasteiger partial charge is 0.249 e. The molecule has 1 amide bonds. The highest BCUT2D eigenvalue weighted by Crippen LogP contribution is 2.32. The lowest BCUT2D eigenvalue weighted by Gasteiger charge is -2.48. The van der Waals surface area contributed by atoms with Crippen molar-refractivity contribution < 1.29 is 49.3 Å². The maximum absolute atomic E-state index is 12.9. The van der Waals surface area contributed by atoms with Gasteiger partial charge in [-0.25, -0.2) is 0 Å². The zero-order valence-electron chi connectivity index (χ0n) is 25.8. The minimum atomic E-state index is -1.49. The fraction of sp³-hybridized carbons (Fsp3) is 0.852. The fourth-order valence-electron chi connectivity index (χ4n) is 5.66. The summed E-state index contributed by atoms with van der Waals surface area (Å²) in [5.74, 6) is -0.383. The van der Waals surface area contributed by atoms with Crippen molar-refractivity contribution >= 4 is 11.9 Å². The molecule has 2 heterocycles. The molecule has 0 bridgehead atoms. The molecule has 260 valence electrons. The second kappa shape index (κ2) is 17.1. The molecule has 0 aromatic rings. The molecule has 1 saturated carbocycles. The second-order valence-corrected chi connectivity index (χ2v) is 11.9. The van der Waals surface area contributed by atoms with E-state index < -0.39 is 78.8 Å². The highest BCUT2D eigenvalue weighted by molar-refractivity contribution is 5.81. The molecule has 0 unspecified atom stereocenters. The zero-order valence-corrected chi connectivity index (χ0v) is 25.8. The van der Waals surface area contributed by atoms with Crippen molar-refractivity contribution in [2.24, 2.45) is 27.9 Å². The van der Waals surface area contributed by atoms with E-state index in [0.29, 0.717) is 31.7 Å². The molecule has 12 atom stereocenters. The van der Waals surface area contributed by atoms with Crippen molar-refractivity contribution in [3.63, 3.8) is 0 Å². The summed E-state index contributed by atoms with van der Waals surface area (Å²) in [4.78, 5) is 16.7. The van der Waals surface area contributed by atoms with E-state index in [4.69, 9.17) is 47.0 Å². The number of nitrogens with zero attached hydrogens (tertiary/aromatic N) is 1. The number of aliphatic hydroxyl groups is 5. The fourth-order valence-corrected chi connectivity index (χ4v) is 5.66. The van der Waals surface area contributed by atoms with Crippen molar-refractivity contribution in [3.8, 4) is 0 Å². The number of aliphatic hydroxyl groups excluding tert-OH is 4. The molecule has 0 spiro atoms. The van der Waals surface area contributed by atoms with Crippen molar-refractivity contribution in [2.45, 2.75) is 105 Å². The van der Waals surface area contributed by atoms with Gasteiger partial charge in [0.15, 0.2) is 12.2 Å². The number of carbonyl (C=O) groups is 1. The summed E-state index contributed by atoms with van der Waals surface area (Å²) in [5, 5.41) is 61.3. The van der Waals surface area contributed by atoms with Crippen LogP contribution in [0.3, 0.4) is 0 Å². The van der Waals surface area contributed by atoms with Gasteiger partial charge in [-0.15, -0.1) is 0 Å². The van der Waals surface area contributed by atoms with E-state index in [1.165, 1.54) is 6.92 Å². The topological polar surface area (TPSA) is 308 Å². The molecule has 2 fully saturated rings. The monoisotopic (exact) mass is 648 g/mol. The number of ether oxygens (including phenoxy) is 4. The number of rotatable bonds is 15. The van der Waals surface area contributed by atoms with Gasteiger partial charge >= 0.3 is 0 Å². The number of carbonyl (C=O) groups excluding carboxylic acids is 1. The van der Waals surface area contributed by atoms with Crippen LogP contribution in [0.2, 0.25) is 0 Å². The van der Waals surface area contributed by atoms with Crippen molar-refractivity contribution in [2.75, 3.05) is 39.9 Å². The van der Waals surface area contributed by atoms with Crippen LogP contribution < -0.4 is 38.9 Å². The van der Waals surface area contributed by atoms with E-state index in [0.717, 1.165) is 0 Å². The number of aliphatic imine (C=N–C) groups is 1. The van der Waals surface area contributed by atoms with Crippen LogP contribution in [0.15, 0.2) is 16.8 Å². The molecule has 1 aliphatic carbocycles. The Morgan fingerprint density at radius 2 is 1.89 bits per heavy atom. The van der Waals surface area contributed by atoms with E-state index in [-0.39, 0.29) is 38.6 Å². The minimum absolute atomic E-state index is 0.00203. The molecule has 3 aliphatic rings. The highest BCUT2D eigenvalue weighted by Gasteiger charge is 2.52. The standard InChI is InChI=1S/C27H52N8O10/c1-27(41)12-42-25(19(39)22(27)32-2)45-21-16(35-23(40)17(37)6-8-34-26(30)31)10-15(29)20(18(21)38)44-24-14(28)5-4-13(43-24)11-33-7-3-9-36/h4,14-22,24-25,32-33,36-39,41H,3,5-12,28-29H2,1-2H3,(H,35,40)(H4,30,31,34)/t14-,15+,16-,17+,18+,19-,20-,21+,22-,24-,25-,27+/m1/s1. The summed E-state index contributed by atoms with van der Waals surface area (Å²) in [5.41, 5.74) is 21.9. The lowest BCUT2D eigenvalue weighted by Crippen LogP contribution is -2.69. The predicted octanol–water partition coefficient (Wildman–Crippen LogP) is -5.66. The maximum Gasteiger partial charge on any atom is 0.249 e. The SMILES string of the molecule is CN[C@@H]1[C@@H](O)[C@@H](O[C@@H]2[C@@H](O)[C@H](O[C@H]3OC(CNCCCO)=CC[C@H]3N)[C@@H](N)C[C@H]2NC(=O)[C@@H](O)CCN=C(N)N)OC[C@]1(C)O. The number of hydrogen-bond acceptors (Lipinski definition) is 15. The zero-order chi connectivity index (χ0) is 33.3. The molecule has 3 rings (SSSR count). The number of guanidine groups is 1. The van der Waals surface area contributed by atoms with E-state index >= 15 is 0 Å². The summed E-state index contributed by atoms with van der Waals surface area (Å²) in [6.45, 7) is 2.31. The molecule has 18 nitrogen and oxygen atoms in total. The van der Waals surface area contributed by atoms with Crippen molar-refractivity contribution in [1.29, 1.82) is 0 Å². The van der Waals surface area contributed by atoms with Gasteiger partial charge in [0.2, 0.25) is 12.2 Å². The lowest BCUT2D eigenvalue weighted by molar-refractivity contribution is -0.304. The Balaban J connectivity index is 1.77. The Labute approximate surface area is 262 Å². The van der Waals surface area contributed by atoms with Crippen molar-refractivity contribution in [1.82, 2.24) is 16.0 Å². The Kier molecular flexibility index (Phi) is 14.2. The van der Waals surface area contributed by atoms with Gasteiger partial charge in [0.1, 0.15) is 41.9 Å². The quantitative estimate of drug-likeness (QED) is 0.0447. The molecule has 1 saturated heterocycles. The van der Waals surface area contributed by atoms with Gasteiger partial charge in [-0.2, -0.15) is 0 Å². The number of hydrogen-bond donors (Lipinski definition) is 12. The minimum Gasteiger partial charge on any atom is -0.467 e. The first-order chi connectivity index (χ1) is 21.3. The predicted molar refractivity (Wildman–Crippen MR) is 161 cm³/mol. The van der Waals surface area contributed by atoms with E-state index in [9.17, 15) is 25.2 Å². The largest absolute Gasteiger partial charge is 0.467 e. The first-order valence-corrected chi connectivity index (χ1v) is 15.2. The third kappa shape index (κ3) is 10.1. The third-order valence-corrected chi connectivity index (χ3v) is 8.11. The average molecular weight is 649 g/mol. The number of amides is 1. The lowest BCUT2D eigenvalue weighted by atomic mass is 9.83. The summed E-state index contributed by atoms with van der Waals surface area (Å²) >= 11 is 0. The van der Waals surface area contributed by atoms with Gasteiger partial charge in [-0.1, -0.05) is 0 Å². The number of nitrogens with two attached hydrogens (primary N) is 4. The van der Waals surface area contributed by atoms with E-state index in [2.05, 4.69) is 20.9 Å². The van der Waals surface area contributed by atoms with Crippen LogP contribution in [0.25, 0.3) is 0 Å². The summed E-state index contributed by atoms with van der Waals surface area (Å²) in [7, 11) is 1.56. The first-order valence-electron chi connectivity index (χ1n) is 15.2. The first kappa shape index (κ1) is 37.3. The van der Waals surface area contributed by atoms with Gasteiger partial charge in [0.25, 0.3) is 0 Å². The summed E-state index contributed by atoms with van der Waals surface area (Å²) < 4.78 is 23.9. The maximum atomic E-state index is 12.9. The Morgan fingerprint density at radius 3 is 2.56 bits per heavy atom. The molecular weight excluding hydrogens is 596 g/mol. The van der Waals surface area contributed by atoms with Crippen LogP contribution in [0.1, 0.15) is 32.6 Å². The average Bonchev–Trinajstić information content (AvgIpc) is 2.97. The van der Waals surface area contributed by atoms with Gasteiger partial charge in [0, 0.05) is 25.6 Å². The Hall–Kier alpha value is -2.20. The summed E-state index contributed by atoms with van der Waals surface area (Å²) in [6, 6.07) is -3.23. The number of nitrogens with one attached hydrogen (secondary N) is 3. The van der Waals surface area contributed by atoms with E-state index in [1.54, 1.807) is 7.05 Å². The van der Waals surface area contributed by atoms with Crippen LogP contribution in [-0.2, 0) is 23.7 Å². The molecule has 0 radical (unpaired) electrons. The molecule has 2 aliphatic heterocycles. The van der Waals surface area contributed by atoms with Crippen molar-refractivity contribution in [3.05, 3.63) is 11.8 Å². The normalized spacial score (nSPS) is 37.7. The van der Waals surface area contributed by atoms with Gasteiger partial charge in [0.05, 0.1) is 31.3 Å². The van der Waals surface area contributed by atoms with Crippen LogP contribution in [0.5, 0.6) is 0 Å². The van der Waals surface area contributed by atoms with Crippen LogP contribution in [0.4, 0.5) is 0 Å². The molecule has 18 heteroatoms. The second-order valence-electron chi connectivity index (χ2n) is 11.9. The molecular formula is C27H52N8O10. The van der Waals surface area contributed by atoms with Crippen LogP contribution >= 0.6 is 0 Å². The molecule has 0 aromatic carbocycles. The Morgan fingerprint density at radius 1 is 1.18 bits per heavy atom. The highest BCUT2D eigenvalue weighted by atomic mass is 16.7. The van der Waals surface area contributed by atoms with Gasteiger partial charge < -0.3 is 83.4 Å². The number of likely N-dealkylation sites (N-methyl/N-ethyl adjacent to an activating group) is 1. The molecule has 45 heavy (non-hydrogen) atoms. The van der Waals surface area contributed by atoms with Gasteiger partial charge in [-0.05, 0) is 45.9 Å². The third-order valence-electron chi connectivity index (χ3n) is 8.11. The Bertz CT molecular complexity index is 1000. The van der Waals surface area contributed by atoms with Crippen LogP contribution in [-0.4, -0.2) is 150 Å². The molecule has 0 aromatic heterocycles. The summed E-state index contributed by atoms with van der Waals surface area (Å²) in [6.07, 6.45) is -6.18. The van der Waals surface area contributed by atoms with Crippen LogP contribution in [0, 0.1) is 0 Å². The van der Waals surface area contributed by atoms with E-state index in [1.807, 2.05) is 6.08 Å². The van der Waals surface area contributed by atoms with Gasteiger partial charge in [-0.3, -0.25) is 9.79 Å². The molecule has 16 N–H and O–H groups in total.